The molecule has 0 radical (unpaired) electrons. The Kier molecular flexibility index (Phi) is 6.07. The molecular weight excluding hydrogens is 362 g/mol. The first-order valence-corrected chi connectivity index (χ1v) is 9.91. The van der Waals surface area contributed by atoms with Gasteiger partial charge in [0.15, 0.2) is 0 Å². The van der Waals surface area contributed by atoms with Crippen LogP contribution >= 0.6 is 0 Å². The number of hydrogen-bond acceptors (Lipinski definition) is 4. The largest absolute Gasteiger partial charge is 0.417 e. The number of hydrogen-bond donors (Lipinski definition) is 1. The number of rotatable bonds is 5. The van der Waals surface area contributed by atoms with Gasteiger partial charge in [0.25, 0.3) is 0 Å². The molecule has 0 aromatic heterocycles. The van der Waals surface area contributed by atoms with Crippen LogP contribution in [0.4, 0.5) is 16.2 Å². The van der Waals surface area contributed by atoms with Crippen LogP contribution < -0.4 is 15.0 Å². The second-order valence-electron chi connectivity index (χ2n) is 7.13. The van der Waals surface area contributed by atoms with E-state index in [2.05, 4.69) is 51.5 Å². The fraction of sp³-hybridized carbons (Fsp3) is 0.208. The molecule has 5 nitrogen and oxygen atoms in total. The maximum Gasteiger partial charge on any atom is 0.417 e. The quantitative estimate of drug-likeness (QED) is 0.694. The van der Waals surface area contributed by atoms with Crippen molar-refractivity contribution in [2.45, 2.75) is 6.54 Å². The van der Waals surface area contributed by atoms with E-state index in [9.17, 15) is 4.79 Å². The third kappa shape index (κ3) is 5.36. The van der Waals surface area contributed by atoms with Crippen molar-refractivity contribution < 1.29 is 9.53 Å². The second-order valence-corrected chi connectivity index (χ2v) is 7.13. The summed E-state index contributed by atoms with van der Waals surface area (Å²) in [7, 11) is 0. The molecule has 1 fully saturated rings. The molecule has 5 heteroatoms. The topological polar surface area (TPSA) is 44.8 Å². The number of carbonyl (C=O) groups excluding carboxylic acids is 1. The molecule has 1 heterocycles. The molecule has 0 spiro atoms. The zero-order valence-electron chi connectivity index (χ0n) is 16.3. The Balaban J connectivity index is 1.29. The first-order valence-electron chi connectivity index (χ1n) is 9.91. The Morgan fingerprint density at radius 1 is 0.828 bits per heavy atom. The summed E-state index contributed by atoms with van der Waals surface area (Å²) < 4.78 is 5.45. The van der Waals surface area contributed by atoms with Crippen molar-refractivity contribution in [3.05, 3.63) is 90.5 Å². The fourth-order valence-corrected chi connectivity index (χ4v) is 3.54. The van der Waals surface area contributed by atoms with E-state index in [-0.39, 0.29) is 0 Å². The molecule has 0 aliphatic carbocycles. The fourth-order valence-electron chi connectivity index (χ4n) is 3.54. The predicted octanol–water partition coefficient (Wildman–Crippen LogP) is 4.62. The molecule has 3 aromatic carbocycles. The molecular formula is C24H25N3O2. The molecule has 1 aliphatic heterocycles. The van der Waals surface area contributed by atoms with Crippen LogP contribution in [0.5, 0.6) is 5.75 Å². The van der Waals surface area contributed by atoms with Crippen LogP contribution in [0, 0.1) is 0 Å². The lowest BCUT2D eigenvalue weighted by Crippen LogP contribution is -2.45. The lowest BCUT2D eigenvalue weighted by molar-refractivity contribution is 0.215. The number of benzene rings is 3. The summed E-state index contributed by atoms with van der Waals surface area (Å²) in [5.74, 6) is 0.554. The number of para-hydroxylation sites is 2. The lowest BCUT2D eigenvalue weighted by Gasteiger charge is -2.36. The zero-order chi connectivity index (χ0) is 19.9. The maximum absolute atomic E-state index is 12.1. The monoisotopic (exact) mass is 387 g/mol. The Morgan fingerprint density at radius 2 is 1.52 bits per heavy atom. The molecule has 3 aromatic rings. The number of piperazine rings is 1. The minimum Gasteiger partial charge on any atom is -0.410 e. The molecule has 1 saturated heterocycles. The van der Waals surface area contributed by atoms with E-state index in [0.717, 1.165) is 38.3 Å². The van der Waals surface area contributed by atoms with Gasteiger partial charge in [-0.15, -0.1) is 0 Å². The molecule has 4 rings (SSSR count). The third-order valence-electron chi connectivity index (χ3n) is 5.03. The minimum atomic E-state index is -0.482. The summed E-state index contributed by atoms with van der Waals surface area (Å²) in [6, 6.07) is 27.6. The summed E-state index contributed by atoms with van der Waals surface area (Å²) in [5.41, 5.74) is 3.14. The molecule has 0 saturated carbocycles. The highest BCUT2D eigenvalue weighted by Crippen LogP contribution is 2.19. The first-order chi connectivity index (χ1) is 14.3. The van der Waals surface area contributed by atoms with Gasteiger partial charge >= 0.3 is 6.09 Å². The van der Waals surface area contributed by atoms with Crippen molar-refractivity contribution in [2.24, 2.45) is 0 Å². The first kappa shape index (κ1) is 19.0. The summed E-state index contributed by atoms with van der Waals surface area (Å²) in [6.45, 7) is 4.89. The number of carbonyl (C=O) groups is 1. The van der Waals surface area contributed by atoms with E-state index in [1.165, 1.54) is 5.69 Å². The highest BCUT2D eigenvalue weighted by molar-refractivity contribution is 5.86. The molecule has 1 N–H and O–H groups in total. The van der Waals surface area contributed by atoms with Crippen molar-refractivity contribution >= 4 is 17.5 Å². The number of anilines is 2. The van der Waals surface area contributed by atoms with Gasteiger partial charge in [0.1, 0.15) is 5.75 Å². The van der Waals surface area contributed by atoms with Crippen LogP contribution in [0.25, 0.3) is 0 Å². The van der Waals surface area contributed by atoms with Crippen LogP contribution in [0.15, 0.2) is 84.9 Å². The van der Waals surface area contributed by atoms with Gasteiger partial charge < -0.3 is 9.64 Å². The van der Waals surface area contributed by atoms with Crippen LogP contribution in [0.2, 0.25) is 0 Å². The summed E-state index contributed by atoms with van der Waals surface area (Å²) in [5, 5.41) is 2.73. The predicted molar refractivity (Wildman–Crippen MR) is 116 cm³/mol. The third-order valence-corrected chi connectivity index (χ3v) is 5.03. The van der Waals surface area contributed by atoms with Crippen molar-refractivity contribution in [1.82, 2.24) is 4.90 Å². The minimum absolute atomic E-state index is 0.482. The van der Waals surface area contributed by atoms with Crippen molar-refractivity contribution in [1.29, 1.82) is 0 Å². The van der Waals surface area contributed by atoms with E-state index in [1.807, 2.05) is 42.5 Å². The Labute approximate surface area is 171 Å². The van der Waals surface area contributed by atoms with Gasteiger partial charge in [0, 0.05) is 44.1 Å². The average molecular weight is 387 g/mol. The van der Waals surface area contributed by atoms with Crippen molar-refractivity contribution in [3.8, 4) is 5.75 Å². The zero-order valence-corrected chi connectivity index (χ0v) is 16.3. The van der Waals surface area contributed by atoms with Gasteiger partial charge in [0.2, 0.25) is 0 Å². The maximum atomic E-state index is 12.1. The van der Waals surface area contributed by atoms with Gasteiger partial charge in [-0.3, -0.25) is 10.2 Å². The number of amides is 1. The smallest absolute Gasteiger partial charge is 0.410 e. The van der Waals surface area contributed by atoms with Crippen molar-refractivity contribution in [2.75, 3.05) is 36.4 Å². The molecule has 1 aliphatic rings. The van der Waals surface area contributed by atoms with Crippen LogP contribution in [0.3, 0.4) is 0 Å². The molecule has 0 atom stereocenters. The number of nitrogens with zero attached hydrogens (tertiary/aromatic N) is 2. The SMILES string of the molecule is O=C(Nc1ccccc1)Oc1cccc(CN2CCN(c3ccccc3)CC2)c1. The van der Waals surface area contributed by atoms with Gasteiger partial charge in [-0.25, -0.2) is 4.79 Å². The number of ether oxygens (including phenoxy) is 1. The van der Waals surface area contributed by atoms with Gasteiger partial charge in [0.05, 0.1) is 0 Å². The lowest BCUT2D eigenvalue weighted by atomic mass is 10.2. The van der Waals surface area contributed by atoms with E-state index in [1.54, 1.807) is 6.07 Å². The van der Waals surface area contributed by atoms with Crippen LogP contribution in [-0.4, -0.2) is 37.2 Å². The molecule has 148 valence electrons. The normalized spacial score (nSPS) is 14.4. The second kappa shape index (κ2) is 9.26. The van der Waals surface area contributed by atoms with Crippen LogP contribution in [0.1, 0.15) is 5.56 Å². The molecule has 0 unspecified atom stereocenters. The van der Waals surface area contributed by atoms with Crippen molar-refractivity contribution in [3.63, 3.8) is 0 Å². The van der Waals surface area contributed by atoms with E-state index >= 15 is 0 Å². The van der Waals surface area contributed by atoms with Gasteiger partial charge in [-0.2, -0.15) is 0 Å². The molecule has 1 amide bonds. The Morgan fingerprint density at radius 3 is 2.24 bits per heavy atom. The number of nitrogens with one attached hydrogen (secondary N) is 1. The standard InChI is InChI=1S/C24H25N3O2/c28-24(25-21-9-3-1-4-10-21)29-23-13-7-8-20(18-23)19-26-14-16-27(17-15-26)22-11-5-2-6-12-22/h1-13,18H,14-17,19H2,(H,25,28). The summed E-state index contributed by atoms with van der Waals surface area (Å²) >= 11 is 0. The summed E-state index contributed by atoms with van der Waals surface area (Å²) in [4.78, 5) is 17.0. The highest BCUT2D eigenvalue weighted by Gasteiger charge is 2.17. The van der Waals surface area contributed by atoms with Crippen LogP contribution in [-0.2, 0) is 6.54 Å². The Bertz CT molecular complexity index is 923. The molecule has 0 bridgehead atoms. The van der Waals surface area contributed by atoms with Gasteiger partial charge in [-0.05, 0) is 42.0 Å². The van der Waals surface area contributed by atoms with E-state index in [0.29, 0.717) is 11.4 Å². The highest BCUT2D eigenvalue weighted by atomic mass is 16.6. The van der Waals surface area contributed by atoms with Gasteiger partial charge in [-0.1, -0.05) is 48.5 Å². The van der Waals surface area contributed by atoms with E-state index in [4.69, 9.17) is 4.74 Å². The average Bonchev–Trinajstić information content (AvgIpc) is 2.76. The summed E-state index contributed by atoms with van der Waals surface area (Å²) in [6.07, 6.45) is -0.482. The molecule has 29 heavy (non-hydrogen) atoms. The Hall–Kier alpha value is -3.31. The van der Waals surface area contributed by atoms with E-state index < -0.39 is 6.09 Å².